The van der Waals surface area contributed by atoms with E-state index in [2.05, 4.69) is 21.4 Å². The van der Waals surface area contributed by atoms with E-state index in [1.807, 2.05) is 13.0 Å². The number of anilines is 3. The molecule has 1 aliphatic rings. The zero-order chi connectivity index (χ0) is 26.3. The standard InChI is InChI=1S/C26H25Cl2N5O3/c1-25(2,3)36-24(35)33-13-26(4,14-34)18-10-15(9-16(12-29)22(18)33)20-7-8-30-23(31-20)32-21-11-17(27)5-6-19(21)28/h5-11,34H,13-14H2,1-4H3,(H,30,31,32). The molecule has 0 aliphatic carbocycles. The largest absolute Gasteiger partial charge is 0.443 e. The van der Waals surface area contributed by atoms with E-state index in [0.717, 1.165) is 0 Å². The highest BCUT2D eigenvalue weighted by atomic mass is 35.5. The highest BCUT2D eigenvalue weighted by Gasteiger charge is 2.44. The van der Waals surface area contributed by atoms with Crippen molar-refractivity contribution in [2.24, 2.45) is 0 Å². The molecule has 1 atom stereocenters. The number of benzene rings is 2. The Morgan fingerprint density at radius 1 is 1.28 bits per heavy atom. The molecule has 1 amide bonds. The summed E-state index contributed by atoms with van der Waals surface area (Å²) in [6.07, 6.45) is 1.01. The Morgan fingerprint density at radius 2 is 2.03 bits per heavy atom. The van der Waals surface area contributed by atoms with Gasteiger partial charge in [-0.05, 0) is 62.7 Å². The van der Waals surface area contributed by atoms with E-state index in [9.17, 15) is 15.2 Å². The van der Waals surface area contributed by atoms with E-state index in [4.69, 9.17) is 27.9 Å². The Bertz CT molecular complexity index is 1380. The van der Waals surface area contributed by atoms with Crippen LogP contribution in [0.2, 0.25) is 10.0 Å². The summed E-state index contributed by atoms with van der Waals surface area (Å²) in [5, 5.41) is 24.3. The van der Waals surface area contributed by atoms with Gasteiger partial charge in [-0.2, -0.15) is 5.26 Å². The van der Waals surface area contributed by atoms with Crippen LogP contribution in [0.1, 0.15) is 38.8 Å². The van der Waals surface area contributed by atoms with Gasteiger partial charge in [0.1, 0.15) is 11.7 Å². The second-order valence-corrected chi connectivity index (χ2v) is 10.7. The molecule has 2 N–H and O–H groups in total. The second-order valence-electron chi connectivity index (χ2n) is 9.83. The summed E-state index contributed by atoms with van der Waals surface area (Å²) in [5.74, 6) is 0.288. The fourth-order valence-electron chi connectivity index (χ4n) is 4.03. The lowest BCUT2D eigenvalue weighted by molar-refractivity contribution is 0.0575. The summed E-state index contributed by atoms with van der Waals surface area (Å²) in [4.78, 5) is 23.3. The number of carbonyl (C=O) groups is 1. The van der Waals surface area contributed by atoms with Gasteiger partial charge in [0.25, 0.3) is 0 Å². The van der Waals surface area contributed by atoms with E-state index in [0.29, 0.717) is 38.2 Å². The lowest BCUT2D eigenvalue weighted by Gasteiger charge is -2.26. The SMILES string of the molecule is CC(C)(C)OC(=O)N1CC(C)(CO)c2cc(-c3ccnc(Nc4cc(Cl)ccc4Cl)n3)cc(C#N)c21. The molecule has 1 aromatic heterocycles. The fraction of sp³-hybridized carbons (Fsp3) is 0.308. The third kappa shape index (κ3) is 5.09. The first-order chi connectivity index (χ1) is 16.9. The summed E-state index contributed by atoms with van der Waals surface area (Å²) < 4.78 is 5.57. The van der Waals surface area contributed by atoms with Crippen molar-refractivity contribution in [2.45, 2.75) is 38.7 Å². The monoisotopic (exact) mass is 525 g/mol. The smallest absolute Gasteiger partial charge is 0.414 e. The third-order valence-electron chi connectivity index (χ3n) is 5.75. The molecule has 2 heterocycles. The Hall–Kier alpha value is -3.38. The molecule has 10 heteroatoms. The molecule has 186 valence electrons. The van der Waals surface area contributed by atoms with Crippen molar-refractivity contribution in [1.29, 1.82) is 5.26 Å². The van der Waals surface area contributed by atoms with Crippen LogP contribution in [-0.4, -0.2) is 39.9 Å². The number of nitrogens with zero attached hydrogens (tertiary/aromatic N) is 4. The van der Waals surface area contributed by atoms with Crippen molar-refractivity contribution in [2.75, 3.05) is 23.4 Å². The number of halogens is 2. The fourth-order valence-corrected chi connectivity index (χ4v) is 4.37. The van der Waals surface area contributed by atoms with Crippen LogP contribution >= 0.6 is 23.2 Å². The molecule has 1 unspecified atom stereocenters. The molecule has 0 saturated carbocycles. The van der Waals surface area contributed by atoms with Gasteiger partial charge in [-0.15, -0.1) is 0 Å². The lowest BCUT2D eigenvalue weighted by atomic mass is 9.83. The molecule has 36 heavy (non-hydrogen) atoms. The average Bonchev–Trinajstić information content (AvgIpc) is 3.13. The van der Waals surface area contributed by atoms with Gasteiger partial charge in [-0.25, -0.2) is 14.8 Å². The molecule has 0 saturated heterocycles. The van der Waals surface area contributed by atoms with E-state index >= 15 is 0 Å². The van der Waals surface area contributed by atoms with Crippen molar-refractivity contribution >= 4 is 46.6 Å². The summed E-state index contributed by atoms with van der Waals surface area (Å²) >= 11 is 12.3. The van der Waals surface area contributed by atoms with Gasteiger partial charge in [0, 0.05) is 28.7 Å². The summed E-state index contributed by atoms with van der Waals surface area (Å²) in [6.45, 7) is 7.12. The predicted octanol–water partition coefficient (Wildman–Crippen LogP) is 6.07. The minimum Gasteiger partial charge on any atom is -0.443 e. The van der Waals surface area contributed by atoms with Crippen molar-refractivity contribution in [1.82, 2.24) is 9.97 Å². The summed E-state index contributed by atoms with van der Waals surface area (Å²) in [7, 11) is 0. The topological polar surface area (TPSA) is 111 Å². The minimum atomic E-state index is -0.795. The number of aliphatic hydroxyl groups excluding tert-OH is 1. The molecule has 3 aromatic rings. The number of aliphatic hydroxyl groups is 1. The molecule has 0 fully saturated rings. The van der Waals surface area contributed by atoms with Crippen molar-refractivity contribution in [3.05, 3.63) is 63.8 Å². The maximum Gasteiger partial charge on any atom is 0.414 e. The summed E-state index contributed by atoms with van der Waals surface area (Å²) in [6, 6.07) is 12.4. The first-order valence-corrected chi connectivity index (χ1v) is 12.0. The molecule has 2 aromatic carbocycles. The summed E-state index contributed by atoms with van der Waals surface area (Å²) in [5.41, 5.74) is 1.60. The number of aromatic nitrogens is 2. The van der Waals surface area contributed by atoms with E-state index in [-0.39, 0.29) is 24.7 Å². The highest BCUT2D eigenvalue weighted by Crippen LogP contribution is 2.45. The van der Waals surface area contributed by atoms with Crippen LogP contribution in [0.15, 0.2) is 42.6 Å². The third-order valence-corrected chi connectivity index (χ3v) is 6.31. The van der Waals surface area contributed by atoms with E-state index in [1.54, 1.807) is 57.3 Å². The Morgan fingerprint density at radius 3 is 2.69 bits per heavy atom. The van der Waals surface area contributed by atoms with Crippen molar-refractivity contribution in [3.63, 3.8) is 0 Å². The Balaban J connectivity index is 1.77. The number of hydrogen-bond donors (Lipinski definition) is 2. The molecule has 0 bridgehead atoms. The zero-order valence-corrected chi connectivity index (χ0v) is 21.8. The second kappa shape index (κ2) is 9.58. The number of nitrogens with one attached hydrogen (secondary N) is 1. The molecular formula is C26H25Cl2N5O3. The van der Waals surface area contributed by atoms with Crippen molar-refractivity contribution in [3.8, 4) is 17.3 Å². The number of nitriles is 1. The van der Waals surface area contributed by atoms with Gasteiger partial charge in [0.2, 0.25) is 5.95 Å². The van der Waals surface area contributed by atoms with Gasteiger partial charge in [0.15, 0.2) is 0 Å². The molecule has 8 nitrogen and oxygen atoms in total. The molecule has 4 rings (SSSR count). The Kier molecular flexibility index (Phi) is 6.84. The zero-order valence-electron chi connectivity index (χ0n) is 20.3. The maximum atomic E-state index is 13.0. The van der Waals surface area contributed by atoms with Crippen LogP contribution in [0.3, 0.4) is 0 Å². The van der Waals surface area contributed by atoms with E-state index in [1.165, 1.54) is 4.90 Å². The minimum absolute atomic E-state index is 0.176. The van der Waals surface area contributed by atoms with Gasteiger partial charge >= 0.3 is 6.09 Å². The molecule has 0 radical (unpaired) electrons. The molecule has 1 aliphatic heterocycles. The maximum absolute atomic E-state index is 13.0. The first-order valence-electron chi connectivity index (χ1n) is 11.2. The Labute approximate surface area is 219 Å². The molecular weight excluding hydrogens is 501 g/mol. The highest BCUT2D eigenvalue weighted by molar-refractivity contribution is 6.35. The predicted molar refractivity (Wildman–Crippen MR) is 140 cm³/mol. The van der Waals surface area contributed by atoms with E-state index < -0.39 is 17.1 Å². The quantitative estimate of drug-likeness (QED) is 0.424. The van der Waals surface area contributed by atoms with Crippen LogP contribution in [0.4, 0.5) is 22.1 Å². The molecule has 0 spiro atoms. The lowest BCUT2D eigenvalue weighted by Crippen LogP contribution is -2.40. The van der Waals surface area contributed by atoms with Crippen LogP contribution in [0.5, 0.6) is 0 Å². The van der Waals surface area contributed by atoms with Gasteiger partial charge in [-0.3, -0.25) is 4.90 Å². The number of fused-ring (bicyclic) bond motifs is 1. The van der Waals surface area contributed by atoms with Crippen molar-refractivity contribution < 1.29 is 14.6 Å². The number of rotatable bonds is 4. The number of hydrogen-bond acceptors (Lipinski definition) is 7. The average molecular weight is 526 g/mol. The van der Waals surface area contributed by atoms with Gasteiger partial charge in [-0.1, -0.05) is 30.1 Å². The normalized spacial score (nSPS) is 16.9. The number of ether oxygens (including phenoxy) is 1. The van der Waals surface area contributed by atoms with Crippen LogP contribution in [0.25, 0.3) is 11.3 Å². The van der Waals surface area contributed by atoms with Crippen LogP contribution < -0.4 is 10.2 Å². The number of amides is 1. The first kappa shape index (κ1) is 25.7. The number of carbonyl (C=O) groups excluding carboxylic acids is 1. The van der Waals surface area contributed by atoms with Crippen LogP contribution in [0, 0.1) is 11.3 Å². The van der Waals surface area contributed by atoms with Gasteiger partial charge in [0.05, 0.1) is 34.3 Å². The van der Waals surface area contributed by atoms with Gasteiger partial charge < -0.3 is 15.2 Å². The van der Waals surface area contributed by atoms with Crippen LogP contribution in [-0.2, 0) is 10.2 Å².